The van der Waals surface area contributed by atoms with Crippen molar-refractivity contribution < 1.29 is 4.74 Å². The standard InChI is InChI=1S/C29H35NO.ClH/c1-30(2)20-8-7-11-25-16-17-27-21-26(18-19-28(27)29(25)31-3)24-14-12-23(13-15-24)22-9-5-4-6-10-22;/h4-6,9-10,12-15,18-19,21,25,29H,7-8,11,16-17,20H2,1-3H3;1H. The van der Waals surface area contributed by atoms with Gasteiger partial charge in [-0.3, -0.25) is 0 Å². The summed E-state index contributed by atoms with van der Waals surface area (Å²) in [5.74, 6) is 0.635. The zero-order chi connectivity index (χ0) is 21.6. The second-order valence-electron chi connectivity index (χ2n) is 9.11. The summed E-state index contributed by atoms with van der Waals surface area (Å²) in [6.45, 7) is 1.17. The van der Waals surface area contributed by atoms with E-state index in [0.717, 1.165) is 6.42 Å². The number of fused-ring (bicyclic) bond motifs is 1. The van der Waals surface area contributed by atoms with E-state index in [9.17, 15) is 0 Å². The van der Waals surface area contributed by atoms with Gasteiger partial charge < -0.3 is 9.64 Å². The number of methoxy groups -OCH3 is 1. The highest BCUT2D eigenvalue weighted by Gasteiger charge is 2.29. The Kier molecular flexibility index (Phi) is 8.92. The molecule has 2 unspecified atom stereocenters. The van der Waals surface area contributed by atoms with E-state index in [0.29, 0.717) is 5.92 Å². The number of benzene rings is 3. The molecule has 3 aromatic carbocycles. The molecule has 1 aliphatic carbocycles. The summed E-state index contributed by atoms with van der Waals surface area (Å²) in [7, 11) is 6.19. The van der Waals surface area contributed by atoms with E-state index < -0.39 is 0 Å². The third-order valence-electron chi connectivity index (χ3n) is 6.67. The van der Waals surface area contributed by atoms with Gasteiger partial charge in [-0.05, 0) is 85.6 Å². The molecule has 3 heteroatoms. The smallest absolute Gasteiger partial charge is 0.0852 e. The number of aryl methyl sites for hydroxylation is 1. The van der Waals surface area contributed by atoms with E-state index in [4.69, 9.17) is 4.74 Å². The maximum absolute atomic E-state index is 6.01. The van der Waals surface area contributed by atoms with Crippen molar-refractivity contribution in [1.29, 1.82) is 0 Å². The SMILES string of the molecule is COC1c2ccc(-c3ccc(-c4ccccc4)cc3)cc2CCC1CCCCN(C)C.Cl. The van der Waals surface area contributed by atoms with Gasteiger partial charge in [-0.25, -0.2) is 0 Å². The van der Waals surface area contributed by atoms with Crippen molar-refractivity contribution in [3.8, 4) is 22.3 Å². The van der Waals surface area contributed by atoms with Gasteiger partial charge >= 0.3 is 0 Å². The molecule has 0 N–H and O–H groups in total. The highest BCUT2D eigenvalue weighted by atomic mass is 35.5. The monoisotopic (exact) mass is 449 g/mol. The average Bonchev–Trinajstić information content (AvgIpc) is 2.81. The van der Waals surface area contributed by atoms with Crippen molar-refractivity contribution in [2.24, 2.45) is 5.92 Å². The number of nitrogens with zero attached hydrogens (tertiary/aromatic N) is 1. The predicted molar refractivity (Wildman–Crippen MR) is 139 cm³/mol. The third-order valence-corrected chi connectivity index (χ3v) is 6.67. The molecule has 0 saturated carbocycles. The van der Waals surface area contributed by atoms with Gasteiger partial charge in [0.15, 0.2) is 0 Å². The first-order valence-corrected chi connectivity index (χ1v) is 11.6. The molecule has 2 nitrogen and oxygen atoms in total. The van der Waals surface area contributed by atoms with Crippen molar-refractivity contribution in [1.82, 2.24) is 4.90 Å². The van der Waals surface area contributed by atoms with Gasteiger partial charge in [0.05, 0.1) is 6.10 Å². The average molecular weight is 450 g/mol. The maximum Gasteiger partial charge on any atom is 0.0852 e. The fourth-order valence-electron chi connectivity index (χ4n) is 4.96. The first-order chi connectivity index (χ1) is 15.2. The molecule has 0 saturated heterocycles. The van der Waals surface area contributed by atoms with E-state index in [1.54, 1.807) is 0 Å². The largest absolute Gasteiger partial charge is 0.376 e. The van der Waals surface area contributed by atoms with Crippen LogP contribution in [0.2, 0.25) is 0 Å². The summed E-state index contributed by atoms with van der Waals surface area (Å²) >= 11 is 0. The first-order valence-electron chi connectivity index (χ1n) is 11.6. The van der Waals surface area contributed by atoms with Gasteiger partial charge in [0.2, 0.25) is 0 Å². The Labute approximate surface area is 200 Å². The number of unbranched alkanes of at least 4 members (excludes halogenated alkanes) is 1. The van der Waals surface area contributed by atoms with Crippen molar-refractivity contribution in [2.45, 2.75) is 38.2 Å². The van der Waals surface area contributed by atoms with Gasteiger partial charge in [-0.15, -0.1) is 12.4 Å². The molecule has 0 radical (unpaired) electrons. The minimum atomic E-state index is 0. The second-order valence-corrected chi connectivity index (χ2v) is 9.11. The zero-order valence-electron chi connectivity index (χ0n) is 19.6. The lowest BCUT2D eigenvalue weighted by molar-refractivity contribution is 0.0358. The molecule has 4 rings (SSSR count). The summed E-state index contributed by atoms with van der Waals surface area (Å²) < 4.78 is 6.01. The van der Waals surface area contributed by atoms with Crippen LogP contribution in [-0.2, 0) is 11.2 Å². The van der Waals surface area contributed by atoms with E-state index in [1.165, 1.54) is 65.6 Å². The Hall–Kier alpha value is -2.13. The van der Waals surface area contributed by atoms with E-state index in [2.05, 4.69) is 91.8 Å². The molecule has 170 valence electrons. The van der Waals surface area contributed by atoms with Crippen molar-refractivity contribution >= 4 is 12.4 Å². The molecule has 3 aromatic rings. The van der Waals surface area contributed by atoms with Crippen LogP contribution in [0.4, 0.5) is 0 Å². The molecule has 0 aromatic heterocycles. The molecule has 1 aliphatic rings. The van der Waals surface area contributed by atoms with Crippen LogP contribution >= 0.6 is 12.4 Å². The van der Waals surface area contributed by atoms with Crippen molar-refractivity contribution in [2.75, 3.05) is 27.7 Å². The number of hydrogen-bond donors (Lipinski definition) is 0. The molecular weight excluding hydrogens is 414 g/mol. The quantitative estimate of drug-likeness (QED) is 0.331. The molecule has 0 heterocycles. The van der Waals surface area contributed by atoms with Crippen LogP contribution in [0.15, 0.2) is 72.8 Å². The van der Waals surface area contributed by atoms with Crippen LogP contribution in [0.25, 0.3) is 22.3 Å². The molecular formula is C29H36ClNO. The molecule has 0 bridgehead atoms. The highest BCUT2D eigenvalue weighted by Crippen LogP contribution is 2.40. The maximum atomic E-state index is 6.01. The van der Waals surface area contributed by atoms with E-state index in [1.807, 2.05) is 7.11 Å². The summed E-state index contributed by atoms with van der Waals surface area (Å²) in [6.07, 6.45) is 6.42. The molecule has 0 aliphatic heterocycles. The van der Waals surface area contributed by atoms with Crippen molar-refractivity contribution in [3.05, 3.63) is 83.9 Å². The summed E-state index contributed by atoms with van der Waals surface area (Å²) in [4.78, 5) is 2.28. The Morgan fingerprint density at radius 1 is 0.812 bits per heavy atom. The summed E-state index contributed by atoms with van der Waals surface area (Å²) in [5, 5.41) is 0. The van der Waals surface area contributed by atoms with Crippen molar-refractivity contribution in [3.63, 3.8) is 0 Å². The molecule has 2 atom stereocenters. The van der Waals surface area contributed by atoms with Gasteiger partial charge in [-0.1, -0.05) is 79.2 Å². The highest BCUT2D eigenvalue weighted by molar-refractivity contribution is 5.85. The summed E-state index contributed by atoms with van der Waals surface area (Å²) in [6, 6.07) is 26.5. The van der Waals surface area contributed by atoms with E-state index >= 15 is 0 Å². The Balaban J connectivity index is 0.00000289. The number of rotatable bonds is 8. The van der Waals surface area contributed by atoms with Crippen LogP contribution in [0.3, 0.4) is 0 Å². The van der Waals surface area contributed by atoms with Gasteiger partial charge in [0, 0.05) is 7.11 Å². The van der Waals surface area contributed by atoms with Crippen LogP contribution < -0.4 is 0 Å². The van der Waals surface area contributed by atoms with Gasteiger partial charge in [0.25, 0.3) is 0 Å². The summed E-state index contributed by atoms with van der Waals surface area (Å²) in [5.41, 5.74) is 7.97. The third kappa shape index (κ3) is 5.81. The fraction of sp³-hybridized carbons (Fsp3) is 0.379. The molecule has 0 fully saturated rings. The van der Waals surface area contributed by atoms with Gasteiger partial charge in [-0.2, -0.15) is 0 Å². The fourth-order valence-corrected chi connectivity index (χ4v) is 4.96. The Morgan fingerprint density at radius 3 is 2.09 bits per heavy atom. The molecule has 0 amide bonds. The molecule has 0 spiro atoms. The van der Waals surface area contributed by atoms with Crippen LogP contribution in [0, 0.1) is 5.92 Å². The topological polar surface area (TPSA) is 12.5 Å². The Morgan fingerprint density at radius 2 is 1.44 bits per heavy atom. The zero-order valence-corrected chi connectivity index (χ0v) is 20.4. The number of hydrogen-bond acceptors (Lipinski definition) is 2. The van der Waals surface area contributed by atoms with Gasteiger partial charge in [0.1, 0.15) is 0 Å². The lowest BCUT2D eigenvalue weighted by atomic mass is 9.78. The van der Waals surface area contributed by atoms with Crippen LogP contribution in [-0.4, -0.2) is 32.6 Å². The lowest BCUT2D eigenvalue weighted by Crippen LogP contribution is -2.23. The Bertz CT molecular complexity index is 968. The minimum Gasteiger partial charge on any atom is -0.376 e. The minimum absolute atomic E-state index is 0. The number of halogens is 1. The number of ether oxygens (including phenoxy) is 1. The second kappa shape index (κ2) is 11.7. The van der Waals surface area contributed by atoms with Crippen LogP contribution in [0.5, 0.6) is 0 Å². The predicted octanol–water partition coefficient (Wildman–Crippen LogP) is 7.42. The van der Waals surface area contributed by atoms with E-state index in [-0.39, 0.29) is 18.5 Å². The first kappa shape index (κ1) is 24.5. The normalized spacial score (nSPS) is 17.6. The molecule has 32 heavy (non-hydrogen) atoms. The lowest BCUT2D eigenvalue weighted by Gasteiger charge is -2.33. The van der Waals surface area contributed by atoms with Crippen LogP contribution in [0.1, 0.15) is 42.9 Å².